The first-order valence-electron chi connectivity index (χ1n) is 7.68. The van der Waals surface area contributed by atoms with E-state index in [4.69, 9.17) is 0 Å². The van der Waals surface area contributed by atoms with Crippen molar-refractivity contribution in [2.24, 2.45) is 5.92 Å². The molecule has 0 radical (unpaired) electrons. The van der Waals surface area contributed by atoms with Crippen molar-refractivity contribution in [2.75, 3.05) is 6.26 Å². The largest absolute Gasteiger partial charge is 0.310 e. The molecule has 1 fully saturated rings. The van der Waals surface area contributed by atoms with Crippen molar-refractivity contribution in [3.63, 3.8) is 0 Å². The van der Waals surface area contributed by atoms with Crippen LogP contribution in [0.4, 0.5) is 0 Å². The van der Waals surface area contributed by atoms with Crippen LogP contribution in [0.25, 0.3) is 0 Å². The molecule has 0 heterocycles. The molecule has 1 nitrogen and oxygen atoms in total. The Morgan fingerprint density at radius 1 is 1.11 bits per heavy atom. The predicted octanol–water partition coefficient (Wildman–Crippen LogP) is 4.86. The van der Waals surface area contributed by atoms with Crippen molar-refractivity contribution in [1.82, 2.24) is 5.32 Å². The highest BCUT2D eigenvalue weighted by molar-refractivity contribution is 7.98. The molecule has 0 aliphatic heterocycles. The zero-order valence-electron chi connectivity index (χ0n) is 12.3. The normalized spacial score (nSPS) is 23.5. The average Bonchev–Trinajstić information content (AvgIpc) is 2.47. The zero-order valence-corrected chi connectivity index (χ0v) is 13.1. The van der Waals surface area contributed by atoms with E-state index in [-0.39, 0.29) is 0 Å². The van der Waals surface area contributed by atoms with Gasteiger partial charge in [0.1, 0.15) is 0 Å². The van der Waals surface area contributed by atoms with Crippen LogP contribution in [0.1, 0.15) is 51.0 Å². The summed E-state index contributed by atoms with van der Waals surface area (Å²) in [7, 11) is 0. The fourth-order valence-electron chi connectivity index (χ4n) is 3.07. The molecular formula is C17H27NS. The Morgan fingerprint density at radius 3 is 2.37 bits per heavy atom. The number of hydrogen-bond acceptors (Lipinski definition) is 2. The van der Waals surface area contributed by atoms with Gasteiger partial charge in [0.25, 0.3) is 0 Å². The third-order valence-electron chi connectivity index (χ3n) is 4.30. The Labute approximate surface area is 122 Å². The monoisotopic (exact) mass is 277 g/mol. The fraction of sp³-hybridized carbons (Fsp3) is 0.647. The van der Waals surface area contributed by atoms with Gasteiger partial charge in [-0.15, -0.1) is 11.8 Å². The molecule has 1 aliphatic carbocycles. The van der Waals surface area contributed by atoms with Gasteiger partial charge in [0.05, 0.1) is 0 Å². The first-order valence-corrected chi connectivity index (χ1v) is 8.90. The molecule has 1 aromatic rings. The van der Waals surface area contributed by atoms with Gasteiger partial charge in [-0.1, -0.05) is 31.9 Å². The Bertz CT molecular complexity index is 352. The summed E-state index contributed by atoms with van der Waals surface area (Å²) < 4.78 is 0. The van der Waals surface area contributed by atoms with Crippen LogP contribution in [0.15, 0.2) is 29.2 Å². The quantitative estimate of drug-likeness (QED) is 0.745. The van der Waals surface area contributed by atoms with Crippen molar-refractivity contribution in [1.29, 1.82) is 0 Å². The number of nitrogens with one attached hydrogen (secondary N) is 1. The van der Waals surface area contributed by atoms with Crippen molar-refractivity contribution in [3.05, 3.63) is 29.8 Å². The molecule has 19 heavy (non-hydrogen) atoms. The van der Waals surface area contributed by atoms with Gasteiger partial charge < -0.3 is 5.32 Å². The SMILES string of the molecule is CCCC1CCC(NCc2ccc(SC)cc2)CC1. The van der Waals surface area contributed by atoms with Gasteiger partial charge in [-0.2, -0.15) is 0 Å². The summed E-state index contributed by atoms with van der Waals surface area (Å²) in [6, 6.07) is 9.69. The molecule has 0 aromatic heterocycles. The van der Waals surface area contributed by atoms with Crippen LogP contribution in [-0.2, 0) is 6.54 Å². The lowest BCUT2D eigenvalue weighted by Gasteiger charge is -2.29. The van der Waals surface area contributed by atoms with Crippen LogP contribution in [0.5, 0.6) is 0 Å². The van der Waals surface area contributed by atoms with Gasteiger partial charge in [0.15, 0.2) is 0 Å². The van der Waals surface area contributed by atoms with Crippen molar-refractivity contribution in [3.8, 4) is 0 Å². The second-order valence-electron chi connectivity index (χ2n) is 5.74. The maximum absolute atomic E-state index is 3.73. The number of thioether (sulfide) groups is 1. The molecule has 0 spiro atoms. The summed E-state index contributed by atoms with van der Waals surface area (Å²) in [5.41, 5.74) is 1.41. The third kappa shape index (κ3) is 4.85. The standard InChI is InChI=1S/C17H27NS/c1-3-4-14-5-9-16(10-6-14)18-13-15-7-11-17(19-2)12-8-15/h7-8,11-12,14,16,18H,3-6,9-10,13H2,1-2H3. The predicted molar refractivity (Wildman–Crippen MR) is 85.7 cm³/mol. The lowest BCUT2D eigenvalue weighted by Crippen LogP contribution is -2.32. The minimum atomic E-state index is 0.744. The molecule has 0 unspecified atom stereocenters. The summed E-state index contributed by atoms with van der Waals surface area (Å²) in [6.45, 7) is 3.33. The molecule has 1 N–H and O–H groups in total. The number of benzene rings is 1. The first-order chi connectivity index (χ1) is 9.31. The van der Waals surface area contributed by atoms with E-state index in [1.54, 1.807) is 0 Å². The molecule has 0 atom stereocenters. The minimum absolute atomic E-state index is 0.744. The van der Waals surface area contributed by atoms with Crippen LogP contribution in [0.2, 0.25) is 0 Å². The Balaban J connectivity index is 1.71. The van der Waals surface area contributed by atoms with E-state index in [9.17, 15) is 0 Å². The Hall–Kier alpha value is -0.470. The lowest BCUT2D eigenvalue weighted by molar-refractivity contribution is 0.277. The maximum atomic E-state index is 3.73. The lowest BCUT2D eigenvalue weighted by atomic mass is 9.83. The summed E-state index contributed by atoms with van der Waals surface area (Å²) in [4.78, 5) is 1.35. The summed E-state index contributed by atoms with van der Waals surface area (Å²) in [5, 5.41) is 3.73. The van der Waals surface area contributed by atoms with Gasteiger partial charge in [-0.25, -0.2) is 0 Å². The van der Waals surface area contributed by atoms with Gasteiger partial charge >= 0.3 is 0 Å². The molecule has 2 heteroatoms. The van der Waals surface area contributed by atoms with Gasteiger partial charge in [0, 0.05) is 17.5 Å². The molecule has 0 bridgehead atoms. The highest BCUT2D eigenvalue weighted by Gasteiger charge is 2.19. The van der Waals surface area contributed by atoms with Crippen molar-refractivity contribution < 1.29 is 0 Å². The molecule has 106 valence electrons. The van der Waals surface area contributed by atoms with E-state index in [2.05, 4.69) is 42.8 Å². The second-order valence-corrected chi connectivity index (χ2v) is 6.61. The molecule has 2 rings (SSSR count). The van der Waals surface area contributed by atoms with E-state index < -0.39 is 0 Å². The third-order valence-corrected chi connectivity index (χ3v) is 5.04. The van der Waals surface area contributed by atoms with E-state index in [0.29, 0.717) is 0 Å². The summed E-state index contributed by atoms with van der Waals surface area (Å²) in [6.07, 6.45) is 10.5. The van der Waals surface area contributed by atoms with E-state index in [1.165, 1.54) is 49.0 Å². The van der Waals surface area contributed by atoms with Crippen molar-refractivity contribution in [2.45, 2.75) is 62.9 Å². The van der Waals surface area contributed by atoms with Crippen LogP contribution < -0.4 is 5.32 Å². The highest BCUT2D eigenvalue weighted by Crippen LogP contribution is 2.27. The molecule has 1 saturated carbocycles. The maximum Gasteiger partial charge on any atom is 0.0208 e. The molecule has 0 amide bonds. The van der Waals surface area contributed by atoms with E-state index in [1.807, 2.05) is 11.8 Å². The number of rotatable bonds is 6. The molecule has 0 saturated heterocycles. The minimum Gasteiger partial charge on any atom is -0.310 e. The highest BCUT2D eigenvalue weighted by atomic mass is 32.2. The van der Waals surface area contributed by atoms with Crippen LogP contribution >= 0.6 is 11.8 Å². The van der Waals surface area contributed by atoms with Gasteiger partial charge in [-0.3, -0.25) is 0 Å². The van der Waals surface area contributed by atoms with Crippen LogP contribution in [0, 0.1) is 5.92 Å². The number of hydrogen-bond donors (Lipinski definition) is 1. The van der Waals surface area contributed by atoms with Crippen molar-refractivity contribution >= 4 is 11.8 Å². The van der Waals surface area contributed by atoms with Crippen LogP contribution in [-0.4, -0.2) is 12.3 Å². The summed E-state index contributed by atoms with van der Waals surface area (Å²) >= 11 is 1.81. The van der Waals surface area contributed by atoms with Gasteiger partial charge in [0.2, 0.25) is 0 Å². The second kappa shape index (κ2) is 7.96. The molecular weight excluding hydrogens is 250 g/mol. The first kappa shape index (κ1) is 14.9. The zero-order chi connectivity index (χ0) is 13.5. The summed E-state index contributed by atoms with van der Waals surface area (Å²) in [5.74, 6) is 1.00. The average molecular weight is 277 g/mol. The van der Waals surface area contributed by atoms with Crippen LogP contribution in [0.3, 0.4) is 0 Å². The van der Waals surface area contributed by atoms with E-state index in [0.717, 1.165) is 18.5 Å². The van der Waals surface area contributed by atoms with Gasteiger partial charge in [-0.05, 0) is 55.6 Å². The van der Waals surface area contributed by atoms with E-state index >= 15 is 0 Å². The fourth-order valence-corrected chi connectivity index (χ4v) is 3.48. The molecule has 1 aliphatic rings. The smallest absolute Gasteiger partial charge is 0.0208 e. The Kier molecular flexibility index (Phi) is 6.25. The molecule has 1 aromatic carbocycles. The Morgan fingerprint density at radius 2 is 1.79 bits per heavy atom. The topological polar surface area (TPSA) is 12.0 Å².